The van der Waals surface area contributed by atoms with Crippen molar-refractivity contribution in [2.24, 2.45) is 0 Å². The maximum absolute atomic E-state index is 12.5. The highest BCUT2D eigenvalue weighted by molar-refractivity contribution is 5.86. The van der Waals surface area contributed by atoms with Crippen molar-refractivity contribution in [2.45, 2.75) is 25.3 Å². The van der Waals surface area contributed by atoms with Crippen molar-refractivity contribution in [2.75, 3.05) is 6.54 Å². The van der Waals surface area contributed by atoms with Crippen LogP contribution in [0, 0.1) is 0 Å². The maximum Gasteiger partial charge on any atom is 0.154 e. The molecule has 1 unspecified atom stereocenters. The van der Waals surface area contributed by atoms with E-state index in [1.54, 1.807) is 0 Å². The average Bonchev–Trinajstić information content (AvgIpc) is 2.53. The molecular formula is C18H19NO. The van der Waals surface area contributed by atoms with Gasteiger partial charge < -0.3 is 5.32 Å². The first-order chi connectivity index (χ1) is 9.84. The summed E-state index contributed by atoms with van der Waals surface area (Å²) in [6.07, 6.45) is 2.43. The van der Waals surface area contributed by atoms with E-state index >= 15 is 0 Å². The van der Waals surface area contributed by atoms with Crippen LogP contribution in [0.15, 0.2) is 54.6 Å². The van der Waals surface area contributed by atoms with Gasteiger partial charge in [-0.05, 0) is 29.5 Å². The van der Waals surface area contributed by atoms with E-state index in [0.717, 1.165) is 24.9 Å². The van der Waals surface area contributed by atoms with Gasteiger partial charge in [-0.25, -0.2) is 0 Å². The fourth-order valence-electron chi connectivity index (χ4n) is 2.85. The Kier molecular flexibility index (Phi) is 3.93. The Morgan fingerprint density at radius 3 is 2.65 bits per heavy atom. The fourth-order valence-corrected chi connectivity index (χ4v) is 2.85. The second-order valence-corrected chi connectivity index (χ2v) is 5.29. The van der Waals surface area contributed by atoms with E-state index in [1.165, 1.54) is 11.1 Å². The van der Waals surface area contributed by atoms with Crippen molar-refractivity contribution in [3.05, 3.63) is 71.3 Å². The normalized spacial score (nSPS) is 17.5. The number of Topliss-reactive ketones (excluding diaryl/α,β-unsaturated/α-hetero) is 1. The molecule has 1 aliphatic rings. The van der Waals surface area contributed by atoms with Crippen LogP contribution >= 0.6 is 0 Å². The van der Waals surface area contributed by atoms with Gasteiger partial charge in [-0.1, -0.05) is 54.6 Å². The number of hydrogen-bond donors (Lipinski definition) is 1. The number of fused-ring (bicyclic) bond motifs is 1. The molecule has 0 amide bonds. The molecule has 0 aromatic heterocycles. The zero-order valence-electron chi connectivity index (χ0n) is 11.5. The Labute approximate surface area is 119 Å². The van der Waals surface area contributed by atoms with Crippen LogP contribution in [0.2, 0.25) is 0 Å². The molecule has 1 atom stereocenters. The first kappa shape index (κ1) is 13.1. The molecule has 2 nitrogen and oxygen atoms in total. The van der Waals surface area contributed by atoms with Crippen molar-refractivity contribution in [3.8, 4) is 0 Å². The van der Waals surface area contributed by atoms with Crippen molar-refractivity contribution in [1.29, 1.82) is 0 Å². The first-order valence-electron chi connectivity index (χ1n) is 7.22. The lowest BCUT2D eigenvalue weighted by Gasteiger charge is -2.25. The molecule has 0 radical (unpaired) electrons. The minimum atomic E-state index is -0.122. The van der Waals surface area contributed by atoms with Gasteiger partial charge in [0, 0.05) is 13.0 Å². The summed E-state index contributed by atoms with van der Waals surface area (Å²) in [6.45, 7) is 0.888. The summed E-state index contributed by atoms with van der Waals surface area (Å²) in [5, 5.41) is 3.36. The molecule has 3 rings (SSSR count). The monoisotopic (exact) mass is 265 g/mol. The van der Waals surface area contributed by atoms with Gasteiger partial charge in [0.05, 0.1) is 6.04 Å². The van der Waals surface area contributed by atoms with Crippen LogP contribution < -0.4 is 5.32 Å². The van der Waals surface area contributed by atoms with Gasteiger partial charge >= 0.3 is 0 Å². The number of hydrogen-bond acceptors (Lipinski definition) is 2. The number of nitrogens with one attached hydrogen (secondary N) is 1. The largest absolute Gasteiger partial charge is 0.303 e. The van der Waals surface area contributed by atoms with E-state index in [2.05, 4.69) is 35.6 Å². The second kappa shape index (κ2) is 6.02. The third-order valence-electron chi connectivity index (χ3n) is 3.93. The van der Waals surface area contributed by atoms with Crippen LogP contribution in [-0.2, 0) is 17.6 Å². The molecule has 1 N–H and O–H groups in total. The summed E-state index contributed by atoms with van der Waals surface area (Å²) in [7, 11) is 0. The zero-order chi connectivity index (χ0) is 13.8. The first-order valence-corrected chi connectivity index (χ1v) is 7.22. The van der Waals surface area contributed by atoms with Crippen molar-refractivity contribution in [3.63, 3.8) is 0 Å². The molecule has 1 aliphatic heterocycles. The Morgan fingerprint density at radius 2 is 1.80 bits per heavy atom. The van der Waals surface area contributed by atoms with Gasteiger partial charge in [-0.15, -0.1) is 0 Å². The van der Waals surface area contributed by atoms with Gasteiger partial charge in [0.1, 0.15) is 0 Å². The van der Waals surface area contributed by atoms with Crippen LogP contribution in [0.1, 0.15) is 29.2 Å². The highest BCUT2D eigenvalue weighted by Gasteiger charge is 2.24. The fraction of sp³-hybridized carbons (Fsp3) is 0.278. The molecule has 20 heavy (non-hydrogen) atoms. The van der Waals surface area contributed by atoms with Gasteiger partial charge in [0.2, 0.25) is 0 Å². The Balaban J connectivity index is 1.69. The number of benzene rings is 2. The molecule has 0 bridgehead atoms. The standard InChI is InChI=1S/C18H19NO/c20-17(11-10-14-6-2-1-3-7-14)18-16-9-5-4-8-15(16)12-13-19-18/h1-9,18-19H,10-13H2. The van der Waals surface area contributed by atoms with Gasteiger partial charge in [0.25, 0.3) is 0 Å². The van der Waals surface area contributed by atoms with E-state index in [1.807, 2.05) is 24.3 Å². The van der Waals surface area contributed by atoms with Gasteiger partial charge in [-0.2, -0.15) is 0 Å². The lowest BCUT2D eigenvalue weighted by Crippen LogP contribution is -2.35. The minimum Gasteiger partial charge on any atom is -0.303 e. The topological polar surface area (TPSA) is 29.1 Å². The van der Waals surface area contributed by atoms with Crippen molar-refractivity contribution < 1.29 is 4.79 Å². The molecular weight excluding hydrogens is 246 g/mol. The van der Waals surface area contributed by atoms with Crippen LogP contribution in [0.3, 0.4) is 0 Å². The molecule has 0 saturated carbocycles. The number of aryl methyl sites for hydroxylation is 1. The van der Waals surface area contributed by atoms with Crippen molar-refractivity contribution in [1.82, 2.24) is 5.32 Å². The SMILES string of the molecule is O=C(CCc1ccccc1)C1NCCc2ccccc21. The number of carbonyl (C=O) groups excluding carboxylic acids is 1. The highest BCUT2D eigenvalue weighted by Crippen LogP contribution is 2.24. The van der Waals surface area contributed by atoms with Crippen LogP contribution in [0.4, 0.5) is 0 Å². The molecule has 0 spiro atoms. The number of ketones is 1. The van der Waals surface area contributed by atoms with E-state index in [9.17, 15) is 4.79 Å². The minimum absolute atomic E-state index is 0.122. The van der Waals surface area contributed by atoms with Gasteiger partial charge in [-0.3, -0.25) is 4.79 Å². The summed E-state index contributed by atoms with van der Waals surface area (Å²) in [5.41, 5.74) is 3.70. The van der Waals surface area contributed by atoms with Crippen molar-refractivity contribution >= 4 is 5.78 Å². The van der Waals surface area contributed by atoms with E-state index < -0.39 is 0 Å². The predicted molar refractivity (Wildman–Crippen MR) is 80.7 cm³/mol. The van der Waals surface area contributed by atoms with E-state index in [-0.39, 0.29) is 6.04 Å². The summed E-state index contributed by atoms with van der Waals surface area (Å²) >= 11 is 0. The summed E-state index contributed by atoms with van der Waals surface area (Å²) in [4.78, 5) is 12.5. The van der Waals surface area contributed by atoms with Crippen LogP contribution in [-0.4, -0.2) is 12.3 Å². The Morgan fingerprint density at radius 1 is 1.05 bits per heavy atom. The third-order valence-corrected chi connectivity index (χ3v) is 3.93. The average molecular weight is 265 g/mol. The summed E-state index contributed by atoms with van der Waals surface area (Å²) in [6, 6.07) is 18.4. The lowest BCUT2D eigenvalue weighted by atomic mass is 9.90. The predicted octanol–water partition coefficient (Wildman–Crippen LogP) is 3.08. The molecule has 2 aromatic carbocycles. The molecule has 2 heteroatoms. The Hall–Kier alpha value is -1.93. The lowest BCUT2D eigenvalue weighted by molar-refractivity contribution is -0.121. The van der Waals surface area contributed by atoms with Crippen LogP contribution in [0.5, 0.6) is 0 Å². The number of carbonyl (C=O) groups is 1. The third kappa shape index (κ3) is 2.81. The summed E-state index contributed by atoms with van der Waals surface area (Å²) in [5.74, 6) is 0.293. The number of rotatable bonds is 4. The molecule has 0 aliphatic carbocycles. The summed E-state index contributed by atoms with van der Waals surface area (Å²) < 4.78 is 0. The molecule has 102 valence electrons. The molecule has 1 heterocycles. The zero-order valence-corrected chi connectivity index (χ0v) is 11.5. The van der Waals surface area contributed by atoms with E-state index in [4.69, 9.17) is 0 Å². The quantitative estimate of drug-likeness (QED) is 0.920. The van der Waals surface area contributed by atoms with E-state index in [0.29, 0.717) is 12.2 Å². The second-order valence-electron chi connectivity index (χ2n) is 5.29. The maximum atomic E-state index is 12.5. The molecule has 0 saturated heterocycles. The smallest absolute Gasteiger partial charge is 0.154 e. The Bertz CT molecular complexity index is 591. The molecule has 2 aromatic rings. The highest BCUT2D eigenvalue weighted by atomic mass is 16.1. The molecule has 0 fully saturated rings. The van der Waals surface area contributed by atoms with Gasteiger partial charge in [0.15, 0.2) is 5.78 Å². The van der Waals surface area contributed by atoms with Crippen LogP contribution in [0.25, 0.3) is 0 Å².